The molecule has 2 atom stereocenters. The Kier molecular flexibility index (Phi) is 4.80. The summed E-state index contributed by atoms with van der Waals surface area (Å²) in [7, 11) is 0. The summed E-state index contributed by atoms with van der Waals surface area (Å²) in [4.78, 5) is 33.5. The van der Waals surface area contributed by atoms with Crippen LogP contribution in [0.2, 0.25) is 0 Å². The molecule has 0 bridgehead atoms. The van der Waals surface area contributed by atoms with Crippen molar-refractivity contribution in [2.75, 3.05) is 31.3 Å². The van der Waals surface area contributed by atoms with Crippen molar-refractivity contribution in [2.24, 2.45) is 5.92 Å². The number of rotatable bonds is 5. The van der Waals surface area contributed by atoms with Gasteiger partial charge in [0.05, 0.1) is 11.4 Å². The number of hydrogen-bond acceptors (Lipinski definition) is 4. The van der Waals surface area contributed by atoms with E-state index in [-0.39, 0.29) is 23.9 Å². The molecule has 28 heavy (non-hydrogen) atoms. The van der Waals surface area contributed by atoms with Gasteiger partial charge < -0.3 is 20.1 Å². The number of nitrogens with one attached hydrogen (secondary N) is 2. The summed E-state index contributed by atoms with van der Waals surface area (Å²) in [6.07, 6.45) is 5.49. The number of nitrogens with zero attached hydrogens (tertiary/aromatic N) is 2. The SMILES string of the molecule is O=C(NC1CCN(CC2CC2)C1)C1CSCN1C(=O)c1c[nH]c2ccccc12. The van der Waals surface area contributed by atoms with Gasteiger partial charge in [0.1, 0.15) is 6.04 Å². The van der Waals surface area contributed by atoms with E-state index < -0.39 is 0 Å². The van der Waals surface area contributed by atoms with Crippen LogP contribution in [0.1, 0.15) is 29.6 Å². The molecule has 2 N–H and O–H groups in total. The molecule has 1 aromatic heterocycles. The molecular formula is C21H26N4O2S. The number of carbonyl (C=O) groups is 2. The normalized spacial score (nSPS) is 25.5. The van der Waals surface area contributed by atoms with Gasteiger partial charge in [0.2, 0.25) is 5.91 Å². The highest BCUT2D eigenvalue weighted by molar-refractivity contribution is 7.99. The number of aromatic amines is 1. The maximum atomic E-state index is 13.2. The minimum absolute atomic E-state index is 0.00327. The number of H-pyrrole nitrogens is 1. The van der Waals surface area contributed by atoms with E-state index in [2.05, 4.69) is 15.2 Å². The number of carbonyl (C=O) groups excluding carboxylic acids is 2. The van der Waals surface area contributed by atoms with E-state index >= 15 is 0 Å². The Labute approximate surface area is 169 Å². The third-order valence-corrected chi connectivity index (χ3v) is 7.11. The lowest BCUT2D eigenvalue weighted by molar-refractivity contribution is -0.125. The molecule has 3 fully saturated rings. The molecule has 2 aliphatic heterocycles. The second-order valence-electron chi connectivity index (χ2n) is 8.24. The minimum Gasteiger partial charge on any atom is -0.360 e. The van der Waals surface area contributed by atoms with E-state index in [1.54, 1.807) is 22.9 Å². The lowest BCUT2D eigenvalue weighted by Gasteiger charge is -2.24. The Hall–Kier alpha value is -1.99. The largest absolute Gasteiger partial charge is 0.360 e. The summed E-state index contributed by atoms with van der Waals surface area (Å²) >= 11 is 1.65. The van der Waals surface area contributed by atoms with Crippen LogP contribution in [0, 0.1) is 5.92 Å². The first kappa shape index (κ1) is 18.1. The average Bonchev–Trinajstić information content (AvgIpc) is 3.12. The molecule has 2 aromatic rings. The molecule has 5 rings (SSSR count). The maximum Gasteiger partial charge on any atom is 0.257 e. The van der Waals surface area contributed by atoms with Gasteiger partial charge in [-0.2, -0.15) is 0 Å². The third-order valence-electron chi connectivity index (χ3n) is 6.10. The average molecular weight is 399 g/mol. The van der Waals surface area contributed by atoms with Crippen LogP contribution in [0.5, 0.6) is 0 Å². The summed E-state index contributed by atoms with van der Waals surface area (Å²) in [5, 5.41) is 4.13. The zero-order chi connectivity index (χ0) is 19.1. The van der Waals surface area contributed by atoms with Gasteiger partial charge in [-0.15, -0.1) is 11.8 Å². The van der Waals surface area contributed by atoms with Crippen molar-refractivity contribution in [3.8, 4) is 0 Å². The topological polar surface area (TPSA) is 68.4 Å². The first-order valence-electron chi connectivity index (χ1n) is 10.2. The molecule has 6 nitrogen and oxygen atoms in total. The highest BCUT2D eigenvalue weighted by atomic mass is 32.2. The molecular weight excluding hydrogens is 372 g/mol. The van der Waals surface area contributed by atoms with Gasteiger partial charge in [0, 0.05) is 48.5 Å². The molecule has 148 valence electrons. The highest BCUT2D eigenvalue weighted by Gasteiger charge is 2.37. The van der Waals surface area contributed by atoms with Gasteiger partial charge >= 0.3 is 0 Å². The Bertz CT molecular complexity index is 893. The van der Waals surface area contributed by atoms with Crippen molar-refractivity contribution in [1.82, 2.24) is 20.1 Å². The van der Waals surface area contributed by atoms with Crippen molar-refractivity contribution in [2.45, 2.75) is 31.3 Å². The van der Waals surface area contributed by atoms with Crippen LogP contribution in [-0.2, 0) is 4.79 Å². The first-order valence-corrected chi connectivity index (χ1v) is 11.3. The molecule has 1 aromatic carbocycles. The molecule has 1 saturated carbocycles. The standard InChI is InChI=1S/C21H26N4O2S/c26-20(23-15-7-8-24(11-15)10-14-5-6-14)19-12-28-13-25(19)21(27)17-9-22-18-4-2-1-3-16(17)18/h1-4,9,14-15,19,22H,5-8,10-13H2,(H,23,26). The fourth-order valence-corrected chi connectivity index (χ4v) is 5.50. The molecule has 0 spiro atoms. The van der Waals surface area contributed by atoms with Crippen LogP contribution in [0.4, 0.5) is 0 Å². The monoisotopic (exact) mass is 398 g/mol. The van der Waals surface area contributed by atoms with Crippen LogP contribution in [0.15, 0.2) is 30.5 Å². The second kappa shape index (κ2) is 7.44. The fourth-order valence-electron chi connectivity index (χ4n) is 4.34. The Balaban J connectivity index is 1.24. The lowest BCUT2D eigenvalue weighted by Crippen LogP contribution is -2.50. The number of benzene rings is 1. The quantitative estimate of drug-likeness (QED) is 0.811. The van der Waals surface area contributed by atoms with E-state index in [1.165, 1.54) is 19.4 Å². The number of amides is 2. The third kappa shape index (κ3) is 3.53. The van der Waals surface area contributed by atoms with Crippen molar-refractivity contribution in [1.29, 1.82) is 0 Å². The molecule has 3 heterocycles. The van der Waals surface area contributed by atoms with Crippen molar-refractivity contribution >= 4 is 34.5 Å². The number of aromatic nitrogens is 1. The van der Waals surface area contributed by atoms with Gasteiger partial charge in [-0.25, -0.2) is 0 Å². The van der Waals surface area contributed by atoms with E-state index in [4.69, 9.17) is 0 Å². The van der Waals surface area contributed by atoms with E-state index in [0.29, 0.717) is 17.2 Å². The zero-order valence-electron chi connectivity index (χ0n) is 15.9. The summed E-state index contributed by atoms with van der Waals surface area (Å²) < 4.78 is 0. The van der Waals surface area contributed by atoms with Crippen LogP contribution in [0.25, 0.3) is 10.9 Å². The molecule has 7 heteroatoms. The fraction of sp³-hybridized carbons (Fsp3) is 0.524. The van der Waals surface area contributed by atoms with Gasteiger partial charge in [-0.3, -0.25) is 9.59 Å². The van der Waals surface area contributed by atoms with Crippen LogP contribution >= 0.6 is 11.8 Å². The second-order valence-corrected chi connectivity index (χ2v) is 9.24. The molecule has 0 radical (unpaired) electrons. The number of para-hydroxylation sites is 1. The molecule has 2 saturated heterocycles. The van der Waals surface area contributed by atoms with Gasteiger partial charge in [-0.1, -0.05) is 18.2 Å². The zero-order valence-corrected chi connectivity index (χ0v) is 16.7. The summed E-state index contributed by atoms with van der Waals surface area (Å²) in [5.74, 6) is 2.04. The molecule has 2 unspecified atom stereocenters. The number of thioether (sulfide) groups is 1. The number of hydrogen-bond donors (Lipinski definition) is 2. The van der Waals surface area contributed by atoms with Crippen LogP contribution < -0.4 is 5.32 Å². The first-order chi connectivity index (χ1) is 13.7. The summed E-state index contributed by atoms with van der Waals surface area (Å²) in [6, 6.07) is 7.62. The van der Waals surface area contributed by atoms with Crippen molar-refractivity contribution in [3.63, 3.8) is 0 Å². The summed E-state index contributed by atoms with van der Waals surface area (Å²) in [5.41, 5.74) is 1.59. The number of likely N-dealkylation sites (tertiary alicyclic amines) is 1. The predicted molar refractivity (Wildman–Crippen MR) is 111 cm³/mol. The molecule has 2 amide bonds. The number of fused-ring (bicyclic) bond motifs is 1. The van der Waals surface area contributed by atoms with E-state index in [1.807, 2.05) is 24.3 Å². The van der Waals surface area contributed by atoms with Crippen molar-refractivity contribution in [3.05, 3.63) is 36.0 Å². The smallest absolute Gasteiger partial charge is 0.257 e. The van der Waals surface area contributed by atoms with Gasteiger partial charge in [0.15, 0.2) is 0 Å². The van der Waals surface area contributed by atoms with Gasteiger partial charge in [-0.05, 0) is 31.2 Å². The predicted octanol–water partition coefficient (Wildman–Crippen LogP) is 2.28. The van der Waals surface area contributed by atoms with Crippen LogP contribution in [0.3, 0.4) is 0 Å². The Morgan fingerprint density at radius 2 is 2.07 bits per heavy atom. The Morgan fingerprint density at radius 1 is 1.21 bits per heavy atom. The maximum absolute atomic E-state index is 13.2. The minimum atomic E-state index is -0.386. The summed E-state index contributed by atoms with van der Waals surface area (Å²) in [6.45, 7) is 3.19. The van der Waals surface area contributed by atoms with Gasteiger partial charge in [0.25, 0.3) is 5.91 Å². The highest BCUT2D eigenvalue weighted by Crippen LogP contribution is 2.31. The molecule has 3 aliphatic rings. The lowest BCUT2D eigenvalue weighted by atomic mass is 10.1. The van der Waals surface area contributed by atoms with E-state index in [0.717, 1.165) is 36.3 Å². The molecule has 1 aliphatic carbocycles. The Morgan fingerprint density at radius 3 is 2.93 bits per heavy atom. The van der Waals surface area contributed by atoms with Crippen molar-refractivity contribution < 1.29 is 9.59 Å². The van der Waals surface area contributed by atoms with E-state index in [9.17, 15) is 9.59 Å². The van der Waals surface area contributed by atoms with Crippen LogP contribution in [-0.4, -0.2) is 69.9 Å².